The lowest BCUT2D eigenvalue weighted by Gasteiger charge is -2.08. The number of methoxy groups -OCH3 is 2. The van der Waals surface area contributed by atoms with Crippen molar-refractivity contribution in [3.63, 3.8) is 0 Å². The number of aromatic nitrogens is 1. The molecular weight excluding hydrogens is 446 g/mol. The molecule has 0 atom stereocenters. The van der Waals surface area contributed by atoms with Gasteiger partial charge in [-0.3, -0.25) is 9.59 Å². The molecule has 1 heterocycles. The van der Waals surface area contributed by atoms with Gasteiger partial charge in [-0.1, -0.05) is 0 Å². The van der Waals surface area contributed by atoms with Gasteiger partial charge in [-0.2, -0.15) is 0 Å². The lowest BCUT2D eigenvalue weighted by atomic mass is 10.1. The average Bonchev–Trinajstić information content (AvgIpc) is 3.57. The Kier molecular flexibility index (Phi) is 6.96. The molecule has 2 N–H and O–H groups in total. The van der Waals surface area contributed by atoms with E-state index in [1.807, 2.05) is 47.8 Å². The molecule has 4 rings (SSSR count). The Morgan fingerprint density at radius 1 is 1.06 bits per heavy atom. The molecule has 1 aliphatic carbocycles. The van der Waals surface area contributed by atoms with Gasteiger partial charge < -0.3 is 20.1 Å². The molecule has 1 aliphatic rings. The highest BCUT2D eigenvalue weighted by Gasteiger charge is 2.29. The molecule has 3 aromatic rings. The Bertz CT molecular complexity index is 1110. The lowest BCUT2D eigenvalue weighted by Crippen LogP contribution is -2.14. The van der Waals surface area contributed by atoms with E-state index < -0.39 is 0 Å². The van der Waals surface area contributed by atoms with Crippen molar-refractivity contribution >= 4 is 45.7 Å². The van der Waals surface area contributed by atoms with Gasteiger partial charge in [0.05, 0.1) is 25.7 Å². The number of thioether (sulfide) groups is 1. The Labute approximate surface area is 194 Å². The van der Waals surface area contributed by atoms with Gasteiger partial charge in [0.2, 0.25) is 11.8 Å². The fraction of sp³-hybridized carbons (Fsp3) is 0.261. The zero-order chi connectivity index (χ0) is 22.5. The lowest BCUT2D eigenvalue weighted by molar-refractivity contribution is -0.117. The zero-order valence-corrected chi connectivity index (χ0v) is 19.3. The minimum atomic E-state index is -0.130. The number of amides is 2. The quantitative estimate of drug-likeness (QED) is 0.433. The van der Waals surface area contributed by atoms with Crippen LogP contribution in [0.2, 0.25) is 0 Å². The fourth-order valence-electron chi connectivity index (χ4n) is 2.99. The first kappa shape index (κ1) is 22.2. The summed E-state index contributed by atoms with van der Waals surface area (Å²) < 4.78 is 10.6. The van der Waals surface area contributed by atoms with Crippen molar-refractivity contribution in [1.82, 2.24) is 4.98 Å². The van der Waals surface area contributed by atoms with Crippen LogP contribution in [-0.4, -0.2) is 36.8 Å². The minimum Gasteiger partial charge on any atom is -0.493 e. The highest BCUT2D eigenvalue weighted by atomic mass is 32.2. The van der Waals surface area contributed by atoms with Crippen LogP contribution < -0.4 is 20.1 Å². The molecule has 0 aliphatic heterocycles. The minimum absolute atomic E-state index is 0.0840. The molecule has 0 bridgehead atoms. The van der Waals surface area contributed by atoms with Crippen LogP contribution in [0.5, 0.6) is 11.5 Å². The Morgan fingerprint density at radius 2 is 1.81 bits per heavy atom. The van der Waals surface area contributed by atoms with E-state index in [2.05, 4.69) is 15.6 Å². The number of ether oxygens (including phenoxy) is 2. The van der Waals surface area contributed by atoms with Crippen molar-refractivity contribution in [2.45, 2.75) is 17.7 Å². The summed E-state index contributed by atoms with van der Waals surface area (Å²) in [5, 5.41) is 8.18. The summed E-state index contributed by atoms with van der Waals surface area (Å²) in [7, 11) is 3.18. The number of nitrogens with one attached hydrogen (secondary N) is 2. The molecule has 0 radical (unpaired) electrons. The maximum absolute atomic E-state index is 12.4. The number of carbonyl (C=O) groups excluding carboxylic acids is 2. The van der Waals surface area contributed by atoms with Gasteiger partial charge in [0.15, 0.2) is 16.6 Å². The summed E-state index contributed by atoms with van der Waals surface area (Å²) in [5.41, 5.74) is 2.41. The third kappa shape index (κ3) is 5.60. The van der Waals surface area contributed by atoms with Gasteiger partial charge in [-0.05, 0) is 55.3 Å². The van der Waals surface area contributed by atoms with Gasteiger partial charge in [-0.25, -0.2) is 4.98 Å². The number of hydrogen-bond acceptors (Lipinski definition) is 7. The molecule has 2 amide bonds. The van der Waals surface area contributed by atoms with Crippen molar-refractivity contribution in [1.29, 1.82) is 0 Å². The molecule has 1 fully saturated rings. The van der Waals surface area contributed by atoms with E-state index in [1.165, 1.54) is 23.1 Å². The molecule has 0 unspecified atom stereocenters. The molecule has 9 heteroatoms. The summed E-state index contributed by atoms with van der Waals surface area (Å²) in [6.07, 6.45) is 1.95. The number of benzene rings is 2. The Hall–Kier alpha value is -3.04. The summed E-state index contributed by atoms with van der Waals surface area (Å²) in [6.45, 7) is 0. The van der Waals surface area contributed by atoms with Gasteiger partial charge in [0.1, 0.15) is 0 Å². The van der Waals surface area contributed by atoms with Crippen LogP contribution >= 0.6 is 23.1 Å². The number of hydrogen-bond donors (Lipinski definition) is 2. The second-order valence-electron chi connectivity index (χ2n) is 7.23. The van der Waals surface area contributed by atoms with E-state index in [4.69, 9.17) is 9.47 Å². The van der Waals surface area contributed by atoms with E-state index in [-0.39, 0.29) is 23.5 Å². The third-order valence-electron chi connectivity index (χ3n) is 4.87. The maximum Gasteiger partial charge on any atom is 0.236 e. The molecule has 2 aromatic carbocycles. The number of thiazole rings is 1. The number of carbonyl (C=O) groups is 2. The predicted molar refractivity (Wildman–Crippen MR) is 128 cm³/mol. The standard InChI is InChI=1S/C23H23N3O4S2/c1-29-19-10-5-15(11-20(19)30-2)18-12-32-23(25-18)26-21(27)13-31-17-8-6-16(7-9-17)24-22(28)14-3-4-14/h5-12,14H,3-4,13H2,1-2H3,(H,24,28)(H,25,26,27). The number of anilines is 2. The summed E-state index contributed by atoms with van der Waals surface area (Å²) in [4.78, 5) is 29.6. The average molecular weight is 470 g/mol. The van der Waals surface area contributed by atoms with Crippen molar-refractivity contribution in [2.75, 3.05) is 30.6 Å². The van der Waals surface area contributed by atoms with Gasteiger partial charge in [0.25, 0.3) is 0 Å². The molecular formula is C23H23N3O4S2. The normalized spacial score (nSPS) is 12.8. The fourth-order valence-corrected chi connectivity index (χ4v) is 4.42. The molecule has 1 aromatic heterocycles. The van der Waals surface area contributed by atoms with Crippen LogP contribution in [0, 0.1) is 5.92 Å². The molecule has 7 nitrogen and oxygen atoms in total. The topological polar surface area (TPSA) is 89.6 Å². The van der Waals surface area contributed by atoms with Crippen molar-refractivity contribution in [3.05, 3.63) is 47.8 Å². The van der Waals surface area contributed by atoms with Crippen LogP contribution in [-0.2, 0) is 9.59 Å². The van der Waals surface area contributed by atoms with E-state index in [0.717, 1.165) is 34.7 Å². The molecule has 1 saturated carbocycles. The van der Waals surface area contributed by atoms with E-state index in [0.29, 0.717) is 16.6 Å². The largest absolute Gasteiger partial charge is 0.493 e. The Balaban J connectivity index is 1.29. The first-order valence-corrected chi connectivity index (χ1v) is 11.9. The van der Waals surface area contributed by atoms with Gasteiger partial charge >= 0.3 is 0 Å². The second kappa shape index (κ2) is 10.1. The van der Waals surface area contributed by atoms with Gasteiger partial charge in [-0.15, -0.1) is 23.1 Å². The first-order valence-electron chi connectivity index (χ1n) is 10.1. The van der Waals surface area contributed by atoms with Gasteiger partial charge in [0, 0.05) is 27.4 Å². The Morgan fingerprint density at radius 3 is 2.50 bits per heavy atom. The van der Waals surface area contributed by atoms with Crippen molar-refractivity contribution in [3.8, 4) is 22.8 Å². The van der Waals surface area contributed by atoms with E-state index >= 15 is 0 Å². The van der Waals surface area contributed by atoms with Crippen LogP contribution in [0.1, 0.15) is 12.8 Å². The second-order valence-corrected chi connectivity index (χ2v) is 9.14. The van der Waals surface area contributed by atoms with Crippen LogP contribution in [0.15, 0.2) is 52.7 Å². The van der Waals surface area contributed by atoms with Crippen LogP contribution in [0.4, 0.5) is 10.8 Å². The molecule has 32 heavy (non-hydrogen) atoms. The first-order chi connectivity index (χ1) is 15.6. The molecule has 166 valence electrons. The number of nitrogens with zero attached hydrogens (tertiary/aromatic N) is 1. The summed E-state index contributed by atoms with van der Waals surface area (Å²) in [5.74, 6) is 1.66. The highest BCUT2D eigenvalue weighted by Crippen LogP contribution is 2.34. The van der Waals surface area contributed by atoms with Crippen LogP contribution in [0.25, 0.3) is 11.3 Å². The maximum atomic E-state index is 12.4. The molecule has 0 spiro atoms. The molecule has 0 saturated heterocycles. The summed E-state index contributed by atoms with van der Waals surface area (Å²) >= 11 is 2.80. The van der Waals surface area contributed by atoms with Crippen LogP contribution in [0.3, 0.4) is 0 Å². The zero-order valence-electron chi connectivity index (χ0n) is 17.7. The van der Waals surface area contributed by atoms with Crippen molar-refractivity contribution < 1.29 is 19.1 Å². The predicted octanol–water partition coefficient (Wildman–Crippen LogP) is 4.91. The van der Waals surface area contributed by atoms with E-state index in [9.17, 15) is 9.59 Å². The van der Waals surface area contributed by atoms with Crippen molar-refractivity contribution in [2.24, 2.45) is 5.92 Å². The third-order valence-corrected chi connectivity index (χ3v) is 6.64. The summed E-state index contributed by atoms with van der Waals surface area (Å²) in [6, 6.07) is 13.1. The monoisotopic (exact) mass is 469 g/mol. The highest BCUT2D eigenvalue weighted by molar-refractivity contribution is 8.00. The van der Waals surface area contributed by atoms with E-state index in [1.54, 1.807) is 14.2 Å². The smallest absolute Gasteiger partial charge is 0.236 e. The SMILES string of the molecule is COc1ccc(-c2csc(NC(=O)CSc3ccc(NC(=O)C4CC4)cc3)n2)cc1OC. The number of rotatable bonds is 9.